The van der Waals surface area contributed by atoms with Gasteiger partial charge in [-0.05, 0) is 60.4 Å². The molecule has 0 radical (unpaired) electrons. The molecule has 3 aromatic rings. The summed E-state index contributed by atoms with van der Waals surface area (Å²) in [5.41, 5.74) is 2.22. The second-order valence-electron chi connectivity index (χ2n) is 8.77. The number of ether oxygens (including phenoxy) is 2. The predicted octanol–water partition coefficient (Wildman–Crippen LogP) is 5.70. The number of rotatable bonds is 11. The summed E-state index contributed by atoms with van der Waals surface area (Å²) in [5, 5.41) is 11.3. The van der Waals surface area contributed by atoms with Crippen molar-refractivity contribution in [3.8, 4) is 11.5 Å². The fourth-order valence-electron chi connectivity index (χ4n) is 4.37. The topological polar surface area (TPSA) is 76.1 Å². The SMILES string of the molecule is C=CCOc1cccc(C2/C(=C(\O)c3ccc(OCCC)cc3)C(=O)C(=O)N2CCc2ccccc2)c1. The first kappa shape index (κ1) is 25.8. The molecule has 1 N–H and O–H groups in total. The monoisotopic (exact) mass is 497 g/mol. The lowest BCUT2D eigenvalue weighted by molar-refractivity contribution is -0.139. The smallest absolute Gasteiger partial charge is 0.295 e. The maximum Gasteiger partial charge on any atom is 0.295 e. The van der Waals surface area contributed by atoms with E-state index >= 15 is 0 Å². The van der Waals surface area contributed by atoms with E-state index in [-0.39, 0.29) is 11.3 Å². The number of carbonyl (C=O) groups excluding carboxylic acids is 2. The molecular weight excluding hydrogens is 466 g/mol. The Morgan fingerprint density at radius 3 is 2.43 bits per heavy atom. The zero-order valence-corrected chi connectivity index (χ0v) is 20.9. The molecule has 1 fully saturated rings. The van der Waals surface area contributed by atoms with Gasteiger partial charge >= 0.3 is 0 Å². The summed E-state index contributed by atoms with van der Waals surface area (Å²) in [6.07, 6.45) is 3.09. The Labute approximate surface area is 217 Å². The summed E-state index contributed by atoms with van der Waals surface area (Å²) in [4.78, 5) is 28.1. The highest BCUT2D eigenvalue weighted by molar-refractivity contribution is 6.46. The fourth-order valence-corrected chi connectivity index (χ4v) is 4.37. The molecular formula is C31H31NO5. The lowest BCUT2D eigenvalue weighted by Crippen LogP contribution is -2.31. The van der Waals surface area contributed by atoms with Crippen molar-refractivity contribution in [3.05, 3.63) is 114 Å². The van der Waals surface area contributed by atoms with E-state index in [1.165, 1.54) is 4.90 Å². The van der Waals surface area contributed by atoms with Crippen LogP contribution in [0.15, 0.2) is 97.1 Å². The summed E-state index contributed by atoms with van der Waals surface area (Å²) in [6, 6.07) is 23.1. The van der Waals surface area contributed by atoms with Gasteiger partial charge in [0.2, 0.25) is 0 Å². The molecule has 3 aromatic carbocycles. The van der Waals surface area contributed by atoms with Crippen molar-refractivity contribution in [2.24, 2.45) is 0 Å². The zero-order chi connectivity index (χ0) is 26.2. The highest BCUT2D eigenvalue weighted by Crippen LogP contribution is 2.40. The van der Waals surface area contributed by atoms with E-state index in [0.717, 1.165) is 12.0 Å². The minimum Gasteiger partial charge on any atom is -0.507 e. The van der Waals surface area contributed by atoms with Crippen LogP contribution in [-0.2, 0) is 16.0 Å². The molecule has 37 heavy (non-hydrogen) atoms. The fraction of sp³-hybridized carbons (Fsp3) is 0.226. The zero-order valence-electron chi connectivity index (χ0n) is 20.9. The van der Waals surface area contributed by atoms with Crippen LogP contribution in [0.5, 0.6) is 11.5 Å². The van der Waals surface area contributed by atoms with Gasteiger partial charge in [0.25, 0.3) is 11.7 Å². The lowest BCUT2D eigenvalue weighted by Gasteiger charge is -2.26. The van der Waals surface area contributed by atoms with Crippen molar-refractivity contribution in [2.45, 2.75) is 25.8 Å². The largest absolute Gasteiger partial charge is 0.507 e. The number of Topliss-reactive ketones (excluding diaryl/α,β-unsaturated/α-hetero) is 1. The number of aliphatic hydroxyl groups excluding tert-OH is 1. The second kappa shape index (κ2) is 12.1. The van der Waals surface area contributed by atoms with Gasteiger partial charge in [0.15, 0.2) is 0 Å². The summed E-state index contributed by atoms with van der Waals surface area (Å²) < 4.78 is 11.3. The van der Waals surface area contributed by atoms with Crippen LogP contribution in [0.4, 0.5) is 0 Å². The number of hydrogen-bond donors (Lipinski definition) is 1. The van der Waals surface area contributed by atoms with Gasteiger partial charge in [-0.15, -0.1) is 0 Å². The number of likely N-dealkylation sites (tertiary alicyclic amines) is 1. The van der Waals surface area contributed by atoms with Crippen LogP contribution in [0.3, 0.4) is 0 Å². The maximum atomic E-state index is 13.3. The molecule has 6 nitrogen and oxygen atoms in total. The average Bonchev–Trinajstić information content (AvgIpc) is 3.19. The molecule has 1 atom stereocenters. The Kier molecular flexibility index (Phi) is 8.41. The third-order valence-corrected chi connectivity index (χ3v) is 6.17. The van der Waals surface area contributed by atoms with E-state index in [0.29, 0.717) is 48.8 Å². The Hall–Kier alpha value is -4.32. The highest BCUT2D eigenvalue weighted by atomic mass is 16.5. The molecule has 1 heterocycles. The van der Waals surface area contributed by atoms with Crippen molar-refractivity contribution in [2.75, 3.05) is 19.8 Å². The van der Waals surface area contributed by atoms with Gasteiger partial charge in [-0.1, -0.05) is 62.0 Å². The summed E-state index contributed by atoms with van der Waals surface area (Å²) in [5.74, 6) is -0.305. The molecule has 1 aliphatic rings. The standard InChI is InChI=1S/C31H31NO5/c1-3-19-36-25-15-13-23(14-16-25)29(33)27-28(24-11-8-12-26(21-24)37-20-4-2)32(31(35)30(27)34)18-17-22-9-6-5-7-10-22/h4-16,21,28,33H,2-3,17-20H2,1H3/b29-27+. The van der Waals surface area contributed by atoms with Crippen LogP contribution in [0, 0.1) is 0 Å². The number of aliphatic hydroxyl groups is 1. The number of benzene rings is 3. The van der Waals surface area contributed by atoms with Crippen molar-refractivity contribution < 1.29 is 24.2 Å². The van der Waals surface area contributed by atoms with Crippen LogP contribution in [0.1, 0.15) is 36.1 Å². The van der Waals surface area contributed by atoms with E-state index in [2.05, 4.69) is 6.58 Å². The van der Waals surface area contributed by atoms with Gasteiger partial charge in [0, 0.05) is 12.1 Å². The number of ketones is 1. The van der Waals surface area contributed by atoms with Gasteiger partial charge in [0.1, 0.15) is 23.9 Å². The van der Waals surface area contributed by atoms with Gasteiger partial charge in [0.05, 0.1) is 18.2 Å². The molecule has 0 aromatic heterocycles. The number of amides is 1. The summed E-state index contributed by atoms with van der Waals surface area (Å²) in [6.45, 7) is 6.93. The second-order valence-corrected chi connectivity index (χ2v) is 8.77. The quantitative estimate of drug-likeness (QED) is 0.159. The minimum absolute atomic E-state index is 0.0566. The first-order valence-electron chi connectivity index (χ1n) is 12.4. The Bertz CT molecular complexity index is 1280. The molecule has 1 aliphatic heterocycles. The normalized spacial score (nSPS) is 16.6. The van der Waals surface area contributed by atoms with Crippen molar-refractivity contribution in [3.63, 3.8) is 0 Å². The molecule has 6 heteroatoms. The molecule has 4 rings (SSSR count). The van der Waals surface area contributed by atoms with Crippen LogP contribution < -0.4 is 9.47 Å². The van der Waals surface area contributed by atoms with Crippen molar-refractivity contribution in [1.82, 2.24) is 4.90 Å². The first-order chi connectivity index (χ1) is 18.0. The van der Waals surface area contributed by atoms with Crippen LogP contribution in [-0.4, -0.2) is 41.5 Å². The van der Waals surface area contributed by atoms with Crippen LogP contribution in [0.2, 0.25) is 0 Å². The molecule has 0 spiro atoms. The predicted molar refractivity (Wildman–Crippen MR) is 144 cm³/mol. The van der Waals surface area contributed by atoms with E-state index in [1.807, 2.05) is 49.4 Å². The molecule has 0 saturated carbocycles. The third kappa shape index (κ3) is 5.92. The molecule has 190 valence electrons. The van der Waals surface area contributed by atoms with E-state index < -0.39 is 17.7 Å². The lowest BCUT2D eigenvalue weighted by atomic mass is 9.95. The van der Waals surface area contributed by atoms with Gasteiger partial charge in [-0.2, -0.15) is 0 Å². The number of hydrogen-bond acceptors (Lipinski definition) is 5. The van der Waals surface area contributed by atoms with E-state index in [9.17, 15) is 14.7 Å². The van der Waals surface area contributed by atoms with Gasteiger partial charge < -0.3 is 19.5 Å². The average molecular weight is 498 g/mol. The Morgan fingerprint density at radius 1 is 0.973 bits per heavy atom. The van der Waals surface area contributed by atoms with Crippen molar-refractivity contribution in [1.29, 1.82) is 0 Å². The van der Waals surface area contributed by atoms with Crippen LogP contribution in [0.25, 0.3) is 5.76 Å². The van der Waals surface area contributed by atoms with Crippen LogP contribution >= 0.6 is 0 Å². The Morgan fingerprint density at radius 2 is 1.73 bits per heavy atom. The maximum absolute atomic E-state index is 13.3. The van der Waals surface area contributed by atoms with Crippen molar-refractivity contribution >= 4 is 17.4 Å². The summed E-state index contributed by atoms with van der Waals surface area (Å²) in [7, 11) is 0. The molecule has 0 aliphatic carbocycles. The molecule has 1 saturated heterocycles. The number of carbonyl (C=O) groups is 2. The molecule has 1 amide bonds. The molecule has 1 unspecified atom stereocenters. The van der Waals surface area contributed by atoms with Gasteiger partial charge in [-0.25, -0.2) is 0 Å². The minimum atomic E-state index is -0.757. The molecule has 0 bridgehead atoms. The van der Waals surface area contributed by atoms with Gasteiger partial charge in [-0.3, -0.25) is 9.59 Å². The first-order valence-corrected chi connectivity index (χ1v) is 12.4. The summed E-state index contributed by atoms with van der Waals surface area (Å²) >= 11 is 0. The third-order valence-electron chi connectivity index (χ3n) is 6.17. The number of nitrogens with zero attached hydrogens (tertiary/aromatic N) is 1. The Balaban J connectivity index is 1.74. The van der Waals surface area contributed by atoms with E-state index in [1.54, 1.807) is 42.5 Å². The highest BCUT2D eigenvalue weighted by Gasteiger charge is 2.46. The van der Waals surface area contributed by atoms with E-state index in [4.69, 9.17) is 9.47 Å².